The van der Waals surface area contributed by atoms with Crippen LogP contribution in [-0.2, 0) is 11.4 Å². The normalized spacial score (nSPS) is 16.0. The lowest BCUT2D eigenvalue weighted by atomic mass is 10.2. The number of rotatable bonds is 7. The van der Waals surface area contributed by atoms with Gasteiger partial charge in [-0.1, -0.05) is 37.6 Å². The van der Waals surface area contributed by atoms with Crippen molar-refractivity contribution < 1.29 is 13.9 Å². The Morgan fingerprint density at radius 1 is 1.11 bits per heavy atom. The molecule has 9 heteroatoms. The fraction of sp³-hybridized carbons (Fsp3) is 0.185. The highest BCUT2D eigenvalue weighted by atomic mass is 79.9. The van der Waals surface area contributed by atoms with Crippen LogP contribution in [0.25, 0.3) is 6.08 Å². The van der Waals surface area contributed by atoms with Crippen LogP contribution in [0.15, 0.2) is 79.5 Å². The maximum absolute atomic E-state index is 13.5. The van der Waals surface area contributed by atoms with E-state index in [1.807, 2.05) is 30.3 Å². The van der Waals surface area contributed by atoms with Gasteiger partial charge in [0.05, 0.1) is 19.5 Å². The van der Waals surface area contributed by atoms with Gasteiger partial charge in [-0.25, -0.2) is 9.38 Å². The third-order valence-corrected chi connectivity index (χ3v) is 7.51. The van der Waals surface area contributed by atoms with E-state index in [1.54, 1.807) is 29.2 Å². The summed E-state index contributed by atoms with van der Waals surface area (Å²) >= 11 is 14.5. The summed E-state index contributed by atoms with van der Waals surface area (Å²) in [5.74, 6) is 0.487. The molecule has 0 radical (unpaired) electrons. The Kier molecular flexibility index (Phi) is 8.93. The van der Waals surface area contributed by atoms with Crippen molar-refractivity contribution in [3.8, 4) is 5.75 Å². The maximum atomic E-state index is 13.5. The number of aliphatic imine (C=N–C) groups is 1. The lowest BCUT2D eigenvalue weighted by Gasteiger charge is -2.17. The summed E-state index contributed by atoms with van der Waals surface area (Å²) in [6.45, 7) is 4.92. The molecule has 1 amide bonds. The highest BCUT2D eigenvalue weighted by Gasteiger charge is 2.33. The maximum Gasteiger partial charge on any atom is 0.266 e. The highest BCUT2D eigenvalue weighted by molar-refractivity contribution is 9.11. The van der Waals surface area contributed by atoms with Crippen molar-refractivity contribution in [2.75, 3.05) is 6.54 Å². The van der Waals surface area contributed by atoms with Crippen molar-refractivity contribution in [3.05, 3.63) is 96.5 Å². The fourth-order valence-electron chi connectivity index (χ4n) is 3.48. The van der Waals surface area contributed by atoms with Crippen molar-refractivity contribution in [2.45, 2.75) is 20.5 Å². The van der Waals surface area contributed by atoms with Gasteiger partial charge in [0.2, 0.25) is 0 Å². The first-order valence-electron chi connectivity index (χ1n) is 11.1. The van der Waals surface area contributed by atoms with E-state index in [0.29, 0.717) is 36.3 Å². The summed E-state index contributed by atoms with van der Waals surface area (Å²) in [5.41, 5.74) is 2.28. The number of amides is 1. The number of nitrogens with zero attached hydrogens (tertiary/aromatic N) is 2. The average Bonchev–Trinajstić information content (AvgIpc) is 3.08. The predicted molar refractivity (Wildman–Crippen MR) is 153 cm³/mol. The molecular formula is C27H22Br2ClFN2O2S. The minimum Gasteiger partial charge on any atom is -0.487 e. The van der Waals surface area contributed by atoms with Crippen LogP contribution < -0.4 is 4.74 Å². The molecule has 1 saturated heterocycles. The summed E-state index contributed by atoms with van der Waals surface area (Å²) < 4.78 is 20.8. The van der Waals surface area contributed by atoms with Crippen LogP contribution in [-0.4, -0.2) is 22.5 Å². The van der Waals surface area contributed by atoms with Crippen LogP contribution in [0.1, 0.15) is 25.0 Å². The number of thioether (sulfide) groups is 1. The van der Waals surface area contributed by atoms with Crippen LogP contribution in [0, 0.1) is 11.7 Å². The number of hydrogen-bond acceptors (Lipinski definition) is 4. The molecule has 4 rings (SSSR count). The Labute approximate surface area is 235 Å². The van der Waals surface area contributed by atoms with Crippen molar-refractivity contribution in [1.82, 2.24) is 4.90 Å². The first-order valence-corrected chi connectivity index (χ1v) is 13.9. The summed E-state index contributed by atoms with van der Waals surface area (Å²) in [5, 5.41) is 1.27. The third-order valence-electron chi connectivity index (χ3n) is 5.08. The van der Waals surface area contributed by atoms with Crippen LogP contribution in [0.3, 0.4) is 0 Å². The van der Waals surface area contributed by atoms with E-state index in [2.05, 4.69) is 45.7 Å². The molecule has 0 aliphatic carbocycles. The molecule has 36 heavy (non-hydrogen) atoms. The van der Waals surface area contributed by atoms with Gasteiger partial charge in [0, 0.05) is 11.6 Å². The summed E-state index contributed by atoms with van der Waals surface area (Å²) in [6, 6.07) is 17.3. The number of amidine groups is 1. The highest BCUT2D eigenvalue weighted by Crippen LogP contribution is 2.39. The lowest BCUT2D eigenvalue weighted by molar-refractivity contribution is -0.122. The Morgan fingerprint density at radius 2 is 1.81 bits per heavy atom. The molecule has 1 aliphatic heterocycles. The van der Waals surface area contributed by atoms with Gasteiger partial charge < -0.3 is 4.74 Å². The molecule has 1 heterocycles. The smallest absolute Gasteiger partial charge is 0.266 e. The quantitative estimate of drug-likeness (QED) is 0.240. The molecule has 1 aliphatic rings. The number of benzene rings is 3. The van der Waals surface area contributed by atoms with Gasteiger partial charge in [-0.15, -0.1) is 0 Å². The largest absolute Gasteiger partial charge is 0.487 e. The van der Waals surface area contributed by atoms with Crippen LogP contribution >= 0.6 is 55.2 Å². The van der Waals surface area contributed by atoms with Crippen molar-refractivity contribution >= 4 is 78.1 Å². The lowest BCUT2D eigenvalue weighted by Crippen LogP contribution is -2.32. The summed E-state index contributed by atoms with van der Waals surface area (Å²) in [6.07, 6.45) is 1.84. The fourth-order valence-corrected chi connectivity index (χ4v) is 6.06. The molecular weight excluding hydrogens is 631 g/mol. The van der Waals surface area contributed by atoms with Gasteiger partial charge in [0.1, 0.15) is 18.2 Å². The van der Waals surface area contributed by atoms with Gasteiger partial charge in [-0.05, 0) is 115 Å². The van der Waals surface area contributed by atoms with E-state index >= 15 is 0 Å². The second-order valence-corrected chi connectivity index (χ2v) is 11.7. The Morgan fingerprint density at radius 3 is 2.44 bits per heavy atom. The number of halogens is 4. The molecule has 186 valence electrons. The monoisotopic (exact) mass is 650 g/mol. The molecule has 0 bridgehead atoms. The van der Waals surface area contributed by atoms with Gasteiger partial charge in [0.25, 0.3) is 5.91 Å². The van der Waals surface area contributed by atoms with Gasteiger partial charge in [0.15, 0.2) is 5.17 Å². The van der Waals surface area contributed by atoms with E-state index in [1.165, 1.54) is 23.9 Å². The molecule has 0 spiro atoms. The van der Waals surface area contributed by atoms with Gasteiger partial charge in [-0.3, -0.25) is 9.69 Å². The molecule has 0 N–H and O–H groups in total. The first-order chi connectivity index (χ1) is 17.2. The number of carbonyl (C=O) groups excluding carboxylic acids is 1. The van der Waals surface area contributed by atoms with E-state index < -0.39 is 0 Å². The first kappa shape index (κ1) is 26.9. The molecule has 0 atom stereocenters. The van der Waals surface area contributed by atoms with Crippen molar-refractivity contribution in [3.63, 3.8) is 0 Å². The zero-order valence-corrected chi connectivity index (χ0v) is 24.2. The Bertz CT molecular complexity index is 1320. The van der Waals surface area contributed by atoms with Crippen LogP contribution in [0.2, 0.25) is 5.02 Å². The summed E-state index contributed by atoms with van der Waals surface area (Å²) in [7, 11) is 0. The Hall–Kier alpha value is -2.13. The van der Waals surface area contributed by atoms with Gasteiger partial charge in [-0.2, -0.15) is 0 Å². The van der Waals surface area contributed by atoms with Gasteiger partial charge >= 0.3 is 0 Å². The summed E-state index contributed by atoms with van der Waals surface area (Å²) in [4.78, 5) is 20.3. The molecule has 3 aromatic rings. The standard InChI is InChI=1S/C27H22Br2ClFN2O2S/c1-16(2)14-33-26(34)24(36-27(33)32-21-8-6-19(30)7-9-21)13-18-11-22(28)25(23(29)12-18)35-15-17-4-3-5-20(31)10-17/h3-13,16H,14-15H2,1-2H3/b24-13-,32-27?. The van der Waals surface area contributed by atoms with Crippen LogP contribution in [0.4, 0.5) is 10.1 Å². The van der Waals surface area contributed by atoms with Crippen molar-refractivity contribution in [2.24, 2.45) is 10.9 Å². The number of ether oxygens (including phenoxy) is 1. The molecule has 1 fully saturated rings. The minimum absolute atomic E-state index is 0.0833. The molecule has 0 aromatic heterocycles. The van der Waals surface area contributed by atoms with E-state index in [-0.39, 0.29) is 24.2 Å². The van der Waals surface area contributed by atoms with Crippen LogP contribution in [0.5, 0.6) is 5.75 Å². The van der Waals surface area contributed by atoms with E-state index in [0.717, 1.165) is 16.8 Å². The second-order valence-electron chi connectivity index (χ2n) is 8.52. The third kappa shape index (κ3) is 6.79. The average molecular weight is 653 g/mol. The minimum atomic E-state index is -0.305. The zero-order valence-electron chi connectivity index (χ0n) is 19.5. The van der Waals surface area contributed by atoms with Crippen molar-refractivity contribution in [1.29, 1.82) is 0 Å². The van der Waals surface area contributed by atoms with E-state index in [4.69, 9.17) is 21.3 Å². The predicted octanol–water partition coefficient (Wildman–Crippen LogP) is 8.84. The molecule has 0 saturated carbocycles. The molecule has 4 nitrogen and oxygen atoms in total. The SMILES string of the molecule is CC(C)CN1C(=O)/C(=C/c2cc(Br)c(OCc3cccc(F)c3)c(Br)c2)SC1=Nc1ccc(Cl)cc1. The topological polar surface area (TPSA) is 41.9 Å². The number of carbonyl (C=O) groups is 1. The zero-order chi connectivity index (χ0) is 25.8. The Balaban J connectivity index is 1.58. The number of hydrogen-bond donors (Lipinski definition) is 0. The molecule has 3 aromatic carbocycles. The van der Waals surface area contributed by atoms with E-state index in [9.17, 15) is 9.18 Å². The second kappa shape index (κ2) is 11.9. The molecule has 0 unspecified atom stereocenters.